The average molecular weight is 298 g/mol. The molecule has 1 aliphatic rings. The molecule has 0 bridgehead atoms. The average Bonchev–Trinajstić information content (AvgIpc) is 2.46. The monoisotopic (exact) mass is 297 g/mol. The molecule has 2 rings (SSSR count). The van der Waals surface area contributed by atoms with Crippen LogP contribution in [0.2, 0.25) is 5.02 Å². The molecule has 0 aromatic heterocycles. The molecule has 1 aromatic rings. The number of benzene rings is 1. The second kappa shape index (κ2) is 6.19. The van der Waals surface area contributed by atoms with E-state index in [9.17, 15) is 14.9 Å². The van der Waals surface area contributed by atoms with Crippen molar-refractivity contribution < 1.29 is 9.72 Å². The second-order valence-corrected chi connectivity index (χ2v) is 5.27. The van der Waals surface area contributed by atoms with E-state index < -0.39 is 4.92 Å². The third kappa shape index (κ3) is 3.08. The summed E-state index contributed by atoms with van der Waals surface area (Å²) in [6, 6.07) is 4.18. The zero-order valence-electron chi connectivity index (χ0n) is 11.1. The zero-order valence-corrected chi connectivity index (χ0v) is 11.9. The second-order valence-electron chi connectivity index (χ2n) is 4.83. The van der Waals surface area contributed by atoms with Gasteiger partial charge in [0.2, 0.25) is 0 Å². The van der Waals surface area contributed by atoms with Gasteiger partial charge in [0, 0.05) is 30.7 Å². The number of carbonyl (C=O) groups is 1. The number of likely N-dealkylation sites (N-methyl/N-ethyl adjacent to an activating group) is 1. The van der Waals surface area contributed by atoms with Gasteiger partial charge < -0.3 is 10.2 Å². The molecule has 1 unspecified atom stereocenters. The number of nitrogens with one attached hydrogen (secondary N) is 1. The van der Waals surface area contributed by atoms with Crippen molar-refractivity contribution in [2.75, 3.05) is 20.1 Å². The Morgan fingerprint density at radius 1 is 1.55 bits per heavy atom. The highest BCUT2D eigenvalue weighted by molar-refractivity contribution is 6.31. The quantitative estimate of drug-likeness (QED) is 0.684. The Labute approximate surface area is 121 Å². The summed E-state index contributed by atoms with van der Waals surface area (Å²) in [5.74, 6) is -0.345. The van der Waals surface area contributed by atoms with Gasteiger partial charge in [0.15, 0.2) is 0 Å². The van der Waals surface area contributed by atoms with Crippen LogP contribution >= 0.6 is 11.6 Å². The van der Waals surface area contributed by atoms with Crippen LogP contribution in [0.3, 0.4) is 0 Å². The zero-order chi connectivity index (χ0) is 14.7. The Bertz CT molecular complexity index is 530. The highest BCUT2D eigenvalue weighted by atomic mass is 35.5. The summed E-state index contributed by atoms with van der Waals surface area (Å²) in [6.45, 7) is 1.66. The highest BCUT2D eigenvalue weighted by Gasteiger charge is 2.28. The van der Waals surface area contributed by atoms with E-state index >= 15 is 0 Å². The first-order valence-electron chi connectivity index (χ1n) is 6.42. The van der Waals surface area contributed by atoms with Crippen LogP contribution in [0.4, 0.5) is 5.69 Å². The number of rotatable bonds is 3. The molecule has 1 fully saturated rings. The summed E-state index contributed by atoms with van der Waals surface area (Å²) in [5.41, 5.74) is -0.175. The lowest BCUT2D eigenvalue weighted by Gasteiger charge is -2.31. The van der Waals surface area contributed by atoms with Gasteiger partial charge in [0.1, 0.15) is 5.56 Å². The molecule has 20 heavy (non-hydrogen) atoms. The number of hydrogen-bond donors (Lipinski definition) is 1. The largest absolute Gasteiger partial charge is 0.337 e. The smallest absolute Gasteiger partial charge is 0.283 e. The summed E-state index contributed by atoms with van der Waals surface area (Å²) in [5, 5.41) is 14.5. The number of piperidine rings is 1. The standard InChI is InChI=1S/C13H16ClN3O3/c1-16(10-3-2-6-15-8-10)13(18)11-5-4-9(14)7-12(11)17(19)20/h4-5,7,10,15H,2-3,6,8H2,1H3. The van der Waals surface area contributed by atoms with E-state index in [2.05, 4.69) is 5.32 Å². The van der Waals surface area contributed by atoms with Crippen molar-refractivity contribution in [2.24, 2.45) is 0 Å². The topological polar surface area (TPSA) is 75.5 Å². The van der Waals surface area contributed by atoms with Crippen molar-refractivity contribution in [1.82, 2.24) is 10.2 Å². The minimum absolute atomic E-state index is 0.0616. The summed E-state index contributed by atoms with van der Waals surface area (Å²) in [7, 11) is 1.68. The first-order valence-corrected chi connectivity index (χ1v) is 6.80. The predicted octanol–water partition coefficient (Wildman–Crippen LogP) is 2.07. The van der Waals surface area contributed by atoms with Crippen LogP contribution in [-0.2, 0) is 0 Å². The molecule has 7 heteroatoms. The molecule has 1 saturated heterocycles. The third-order valence-electron chi connectivity index (χ3n) is 3.53. The van der Waals surface area contributed by atoms with Crippen LogP contribution in [0, 0.1) is 10.1 Å². The van der Waals surface area contributed by atoms with Crippen LogP contribution in [0.15, 0.2) is 18.2 Å². The highest BCUT2D eigenvalue weighted by Crippen LogP contribution is 2.25. The molecule has 0 spiro atoms. The minimum Gasteiger partial charge on any atom is -0.337 e. The minimum atomic E-state index is -0.577. The van der Waals surface area contributed by atoms with Gasteiger partial charge in [-0.3, -0.25) is 14.9 Å². The van der Waals surface area contributed by atoms with Gasteiger partial charge in [0.25, 0.3) is 11.6 Å². The summed E-state index contributed by atoms with van der Waals surface area (Å²) >= 11 is 5.75. The molecule has 6 nitrogen and oxygen atoms in total. The normalized spacial score (nSPS) is 18.6. The lowest BCUT2D eigenvalue weighted by atomic mass is 10.0. The molecule has 0 aliphatic carbocycles. The Kier molecular flexibility index (Phi) is 4.57. The van der Waals surface area contributed by atoms with E-state index in [0.29, 0.717) is 6.54 Å². The fourth-order valence-electron chi connectivity index (χ4n) is 2.36. The molecule has 1 amide bonds. The molecule has 1 heterocycles. The third-order valence-corrected chi connectivity index (χ3v) is 3.76. The lowest BCUT2D eigenvalue weighted by Crippen LogP contribution is -2.46. The van der Waals surface area contributed by atoms with E-state index in [4.69, 9.17) is 11.6 Å². The fraction of sp³-hybridized carbons (Fsp3) is 0.462. The lowest BCUT2D eigenvalue weighted by molar-refractivity contribution is -0.385. The van der Waals surface area contributed by atoms with Crippen LogP contribution < -0.4 is 5.32 Å². The SMILES string of the molecule is CN(C(=O)c1ccc(Cl)cc1[N+](=O)[O-])C1CCCNC1. The van der Waals surface area contributed by atoms with Gasteiger partial charge in [-0.05, 0) is 31.5 Å². The van der Waals surface area contributed by atoms with Crippen LogP contribution in [0.25, 0.3) is 0 Å². The molecule has 108 valence electrons. The fourth-order valence-corrected chi connectivity index (χ4v) is 2.52. The Balaban J connectivity index is 2.26. The number of nitro groups is 1. The van der Waals surface area contributed by atoms with Crippen LogP contribution in [0.1, 0.15) is 23.2 Å². The van der Waals surface area contributed by atoms with Gasteiger partial charge in [-0.25, -0.2) is 0 Å². The van der Waals surface area contributed by atoms with E-state index in [1.807, 2.05) is 0 Å². The Morgan fingerprint density at radius 3 is 2.90 bits per heavy atom. The van der Waals surface area contributed by atoms with Gasteiger partial charge >= 0.3 is 0 Å². The van der Waals surface area contributed by atoms with Gasteiger partial charge in [-0.15, -0.1) is 0 Å². The number of hydrogen-bond acceptors (Lipinski definition) is 4. The molecule has 0 radical (unpaired) electrons. The first kappa shape index (κ1) is 14.7. The van der Waals surface area contributed by atoms with Crippen LogP contribution in [0.5, 0.6) is 0 Å². The summed E-state index contributed by atoms with van der Waals surface area (Å²) in [6.07, 6.45) is 1.89. The van der Waals surface area contributed by atoms with E-state index in [1.54, 1.807) is 11.9 Å². The summed E-state index contributed by atoms with van der Waals surface area (Å²) in [4.78, 5) is 24.5. The number of amides is 1. The van der Waals surface area contributed by atoms with E-state index in [1.165, 1.54) is 18.2 Å². The first-order chi connectivity index (χ1) is 9.50. The molecular formula is C13H16ClN3O3. The van der Waals surface area contributed by atoms with E-state index in [-0.39, 0.29) is 28.2 Å². The van der Waals surface area contributed by atoms with Crippen molar-refractivity contribution in [3.63, 3.8) is 0 Å². The van der Waals surface area contributed by atoms with Crippen molar-refractivity contribution >= 4 is 23.2 Å². The van der Waals surface area contributed by atoms with Gasteiger partial charge in [0.05, 0.1) is 4.92 Å². The molecule has 0 saturated carbocycles. The molecule has 1 atom stereocenters. The Morgan fingerprint density at radius 2 is 2.30 bits per heavy atom. The summed E-state index contributed by atoms with van der Waals surface area (Å²) < 4.78 is 0. The maximum absolute atomic E-state index is 12.4. The maximum atomic E-state index is 12.4. The number of carbonyl (C=O) groups excluding carboxylic acids is 1. The molecule has 1 aliphatic heterocycles. The van der Waals surface area contributed by atoms with Crippen molar-refractivity contribution in [1.29, 1.82) is 0 Å². The Hall–Kier alpha value is -1.66. The van der Waals surface area contributed by atoms with Crippen LogP contribution in [-0.4, -0.2) is 41.9 Å². The number of nitrogens with zero attached hydrogens (tertiary/aromatic N) is 2. The van der Waals surface area contributed by atoms with Gasteiger partial charge in [-0.1, -0.05) is 11.6 Å². The molecule has 1 aromatic carbocycles. The number of halogens is 1. The predicted molar refractivity (Wildman–Crippen MR) is 76.1 cm³/mol. The van der Waals surface area contributed by atoms with E-state index in [0.717, 1.165) is 19.4 Å². The maximum Gasteiger partial charge on any atom is 0.283 e. The number of nitro benzene ring substituents is 1. The van der Waals surface area contributed by atoms with Crippen molar-refractivity contribution in [3.05, 3.63) is 38.9 Å². The van der Waals surface area contributed by atoms with Crippen molar-refractivity contribution in [2.45, 2.75) is 18.9 Å². The molecular weight excluding hydrogens is 282 g/mol. The molecule has 1 N–H and O–H groups in total. The van der Waals surface area contributed by atoms with Crippen molar-refractivity contribution in [3.8, 4) is 0 Å². The van der Waals surface area contributed by atoms with Gasteiger partial charge in [-0.2, -0.15) is 0 Å².